The Morgan fingerprint density at radius 1 is 0.966 bits per heavy atom. The van der Waals surface area contributed by atoms with Gasteiger partial charge >= 0.3 is 19.8 Å². The van der Waals surface area contributed by atoms with Gasteiger partial charge in [-0.1, -0.05) is 33.1 Å². The van der Waals surface area contributed by atoms with Gasteiger partial charge in [-0.05, 0) is 12.8 Å². The molecule has 0 saturated heterocycles. The summed E-state index contributed by atoms with van der Waals surface area (Å²) in [6.07, 6.45) is 2.73. The Morgan fingerprint density at radius 3 is 2.17 bits per heavy atom. The van der Waals surface area contributed by atoms with Crippen molar-refractivity contribution < 1.29 is 47.8 Å². The Balaban J connectivity index is 4.31. The Labute approximate surface area is 170 Å². The van der Waals surface area contributed by atoms with Gasteiger partial charge in [0.05, 0.1) is 13.2 Å². The van der Waals surface area contributed by atoms with Gasteiger partial charge in [0.25, 0.3) is 0 Å². The molecule has 0 heterocycles. The van der Waals surface area contributed by atoms with Crippen molar-refractivity contribution in [1.82, 2.24) is 5.32 Å². The largest absolute Gasteiger partial charge is 0.480 e. The van der Waals surface area contributed by atoms with Crippen LogP contribution in [0.3, 0.4) is 0 Å². The number of phosphoric acid groups is 1. The molecule has 0 rings (SSSR count). The predicted octanol–water partition coefficient (Wildman–Crippen LogP) is 1.36. The zero-order chi connectivity index (χ0) is 22.3. The molecule has 4 N–H and O–H groups in total. The smallest absolute Gasteiger partial charge is 0.472 e. The molecule has 1 amide bonds. The lowest BCUT2D eigenvalue weighted by Gasteiger charge is -2.18. The van der Waals surface area contributed by atoms with Crippen LogP contribution in [0.1, 0.15) is 58.8 Å². The number of aliphatic hydroxyl groups is 1. The third-order valence-corrected chi connectivity index (χ3v) is 4.60. The Morgan fingerprint density at radius 2 is 1.59 bits per heavy atom. The zero-order valence-electron chi connectivity index (χ0n) is 16.9. The maximum atomic E-state index is 11.8. The van der Waals surface area contributed by atoms with Gasteiger partial charge in [0.15, 0.2) is 6.04 Å². The molecule has 0 aromatic heterocycles. The highest BCUT2D eigenvalue weighted by Gasteiger charge is 2.28. The number of ether oxygens (including phenoxy) is 1. The van der Waals surface area contributed by atoms with Gasteiger partial charge in [-0.25, -0.2) is 9.36 Å². The molecule has 3 atom stereocenters. The molecule has 0 aliphatic rings. The summed E-state index contributed by atoms with van der Waals surface area (Å²) in [4.78, 5) is 43.8. The Bertz CT molecular complexity index is 556. The molecule has 0 radical (unpaired) electrons. The van der Waals surface area contributed by atoms with Crippen LogP contribution >= 0.6 is 7.82 Å². The van der Waals surface area contributed by atoms with Crippen molar-refractivity contribution in [2.45, 2.75) is 70.9 Å². The summed E-state index contributed by atoms with van der Waals surface area (Å²) in [5, 5.41) is 20.9. The van der Waals surface area contributed by atoms with Gasteiger partial charge in [0.1, 0.15) is 12.7 Å². The average Bonchev–Trinajstić information content (AvgIpc) is 2.66. The highest BCUT2D eigenvalue weighted by atomic mass is 31.2. The first-order valence-electron chi connectivity index (χ1n) is 9.59. The molecule has 0 fully saturated rings. The number of carboxylic acid groups (broad SMARTS) is 1. The SMILES string of the molecule is CCCCCC(=O)NC(COP(=O)(O)OCC(O)COC(=O)CCCC)C(=O)O. The maximum absolute atomic E-state index is 11.8. The highest BCUT2D eigenvalue weighted by molar-refractivity contribution is 7.47. The topological polar surface area (TPSA) is 169 Å². The summed E-state index contributed by atoms with van der Waals surface area (Å²) in [7, 11) is -4.69. The van der Waals surface area contributed by atoms with Crippen LogP contribution in [0.5, 0.6) is 0 Å². The van der Waals surface area contributed by atoms with Gasteiger partial charge in [0, 0.05) is 12.8 Å². The number of carbonyl (C=O) groups is 3. The normalized spacial score (nSPS) is 15.2. The lowest BCUT2D eigenvalue weighted by atomic mass is 10.2. The number of carboxylic acids is 1. The van der Waals surface area contributed by atoms with E-state index in [0.29, 0.717) is 12.8 Å². The van der Waals surface area contributed by atoms with Crippen LogP contribution < -0.4 is 5.32 Å². The molecule has 0 spiro atoms. The molecule has 0 saturated carbocycles. The van der Waals surface area contributed by atoms with Crippen molar-refractivity contribution in [3.8, 4) is 0 Å². The second-order valence-electron chi connectivity index (χ2n) is 6.42. The lowest BCUT2D eigenvalue weighted by Crippen LogP contribution is -2.43. The van der Waals surface area contributed by atoms with Crippen molar-refractivity contribution in [1.29, 1.82) is 0 Å². The van der Waals surface area contributed by atoms with Crippen LogP contribution in [0.15, 0.2) is 0 Å². The predicted molar refractivity (Wildman–Crippen MR) is 102 cm³/mol. The summed E-state index contributed by atoms with van der Waals surface area (Å²) in [6.45, 7) is 1.97. The highest BCUT2D eigenvalue weighted by Crippen LogP contribution is 2.43. The lowest BCUT2D eigenvalue weighted by molar-refractivity contribution is -0.147. The molecular weight excluding hydrogens is 409 g/mol. The van der Waals surface area contributed by atoms with Crippen LogP contribution in [-0.4, -0.2) is 64.9 Å². The summed E-state index contributed by atoms with van der Waals surface area (Å²) >= 11 is 0. The number of unbranched alkanes of at least 4 members (excludes halogenated alkanes) is 3. The molecule has 0 aromatic rings. The van der Waals surface area contributed by atoms with E-state index in [1.54, 1.807) is 0 Å². The number of phosphoric ester groups is 1. The van der Waals surface area contributed by atoms with Crippen molar-refractivity contribution in [2.24, 2.45) is 0 Å². The number of hydrogen-bond donors (Lipinski definition) is 4. The number of aliphatic hydroxyl groups excluding tert-OH is 1. The van der Waals surface area contributed by atoms with Crippen LogP contribution in [-0.2, 0) is 32.7 Å². The molecule has 0 aliphatic heterocycles. The summed E-state index contributed by atoms with van der Waals surface area (Å²) in [5.41, 5.74) is 0. The molecule has 29 heavy (non-hydrogen) atoms. The third-order valence-electron chi connectivity index (χ3n) is 3.65. The fourth-order valence-corrected chi connectivity index (χ4v) is 2.77. The van der Waals surface area contributed by atoms with Crippen LogP contribution in [0.25, 0.3) is 0 Å². The number of rotatable bonds is 17. The van der Waals surface area contributed by atoms with E-state index in [4.69, 9.17) is 9.84 Å². The van der Waals surface area contributed by atoms with E-state index in [2.05, 4.69) is 14.4 Å². The fourth-order valence-electron chi connectivity index (χ4n) is 1.99. The molecule has 0 aliphatic carbocycles. The molecule has 0 bridgehead atoms. The summed E-state index contributed by atoms with van der Waals surface area (Å²) < 4.78 is 25.7. The van der Waals surface area contributed by atoms with Crippen molar-refractivity contribution in [3.05, 3.63) is 0 Å². The summed E-state index contributed by atoms with van der Waals surface area (Å²) in [6, 6.07) is -1.53. The van der Waals surface area contributed by atoms with E-state index in [9.17, 15) is 28.9 Å². The molecule has 0 aromatic carbocycles. The number of carbonyl (C=O) groups excluding carboxylic acids is 2. The van der Waals surface area contributed by atoms with Crippen LogP contribution in [0.4, 0.5) is 0 Å². The first kappa shape index (κ1) is 27.5. The minimum Gasteiger partial charge on any atom is -0.480 e. The van der Waals surface area contributed by atoms with Gasteiger partial charge in [-0.15, -0.1) is 0 Å². The first-order valence-corrected chi connectivity index (χ1v) is 11.1. The van der Waals surface area contributed by atoms with Gasteiger partial charge < -0.3 is 25.2 Å². The average molecular weight is 441 g/mol. The van der Waals surface area contributed by atoms with Crippen molar-refractivity contribution in [3.63, 3.8) is 0 Å². The number of hydrogen-bond acceptors (Lipinski definition) is 8. The van der Waals surface area contributed by atoms with Crippen molar-refractivity contribution in [2.75, 3.05) is 19.8 Å². The van der Waals surface area contributed by atoms with Crippen LogP contribution in [0, 0.1) is 0 Å². The first-order chi connectivity index (χ1) is 13.6. The molecule has 11 nitrogen and oxygen atoms in total. The van der Waals surface area contributed by atoms with E-state index in [1.165, 1.54) is 0 Å². The van der Waals surface area contributed by atoms with E-state index < -0.39 is 57.6 Å². The second kappa shape index (κ2) is 15.3. The van der Waals surface area contributed by atoms with Crippen molar-refractivity contribution >= 4 is 25.7 Å². The molecule has 170 valence electrons. The quantitative estimate of drug-likeness (QED) is 0.147. The molecular formula is C17H32NO10P. The molecule has 3 unspecified atom stereocenters. The number of aliphatic carboxylic acids is 1. The van der Waals surface area contributed by atoms with E-state index >= 15 is 0 Å². The van der Waals surface area contributed by atoms with E-state index in [0.717, 1.165) is 19.3 Å². The standard InChI is InChI=1S/C17H32NO10P/c1-3-5-7-8-15(20)18-14(17(22)23)12-28-29(24,25)27-11-13(19)10-26-16(21)9-6-4-2/h13-14,19H,3-12H2,1-2H3,(H,18,20)(H,22,23)(H,24,25). The maximum Gasteiger partial charge on any atom is 0.472 e. The van der Waals surface area contributed by atoms with Gasteiger partial charge in [0.2, 0.25) is 5.91 Å². The minimum absolute atomic E-state index is 0.133. The third kappa shape index (κ3) is 15.0. The van der Waals surface area contributed by atoms with Crippen LogP contribution in [0.2, 0.25) is 0 Å². The van der Waals surface area contributed by atoms with Gasteiger partial charge in [-0.3, -0.25) is 18.6 Å². The van der Waals surface area contributed by atoms with E-state index in [1.807, 2.05) is 13.8 Å². The Hall–Kier alpha value is -1.52. The fraction of sp³-hybridized carbons (Fsp3) is 0.824. The zero-order valence-corrected chi connectivity index (χ0v) is 17.8. The second-order valence-corrected chi connectivity index (χ2v) is 7.87. The summed E-state index contributed by atoms with van der Waals surface area (Å²) in [5.74, 6) is -2.45. The minimum atomic E-state index is -4.69. The number of amides is 1. The monoisotopic (exact) mass is 441 g/mol. The molecule has 12 heteroatoms. The number of esters is 1. The Kier molecular flexibility index (Phi) is 14.5. The van der Waals surface area contributed by atoms with Gasteiger partial charge in [-0.2, -0.15) is 0 Å². The van der Waals surface area contributed by atoms with E-state index in [-0.39, 0.29) is 12.8 Å². The number of nitrogens with one attached hydrogen (secondary N) is 1.